The number of aromatic nitrogens is 3. The van der Waals surface area contributed by atoms with Gasteiger partial charge in [-0.2, -0.15) is 0 Å². The monoisotopic (exact) mass is 363 g/mol. The first-order valence-electron chi connectivity index (χ1n) is 10.1. The summed E-state index contributed by atoms with van der Waals surface area (Å²) < 4.78 is 0. The van der Waals surface area contributed by atoms with Crippen LogP contribution in [0.1, 0.15) is 61.6 Å². The molecule has 4 rings (SSSR count). The van der Waals surface area contributed by atoms with Crippen molar-refractivity contribution in [2.75, 3.05) is 6.54 Å². The van der Waals surface area contributed by atoms with E-state index in [0.717, 1.165) is 42.5 Å². The van der Waals surface area contributed by atoms with Crippen molar-refractivity contribution in [3.05, 3.63) is 59.7 Å². The molecule has 2 aromatic heterocycles. The zero-order chi connectivity index (χ0) is 18.6. The Morgan fingerprint density at radius 3 is 3.00 bits per heavy atom. The van der Waals surface area contributed by atoms with Crippen molar-refractivity contribution in [2.24, 2.45) is 5.73 Å². The molecule has 0 bridgehead atoms. The van der Waals surface area contributed by atoms with Crippen molar-refractivity contribution in [1.82, 2.24) is 20.3 Å². The lowest BCUT2D eigenvalue weighted by molar-refractivity contribution is 0.334. The lowest BCUT2D eigenvalue weighted by atomic mass is 9.89. The Hall–Kier alpha value is -2.24. The van der Waals surface area contributed by atoms with Crippen LogP contribution in [0.15, 0.2) is 42.6 Å². The average molecular weight is 364 g/mol. The first-order valence-corrected chi connectivity index (χ1v) is 10.1. The van der Waals surface area contributed by atoms with Crippen LogP contribution in [0, 0.1) is 0 Å². The summed E-state index contributed by atoms with van der Waals surface area (Å²) in [7, 11) is 0. The number of hydrogen-bond donors (Lipinski definition) is 3. The van der Waals surface area contributed by atoms with Crippen molar-refractivity contribution < 1.29 is 0 Å². The maximum atomic E-state index is 5.82. The van der Waals surface area contributed by atoms with Gasteiger partial charge in [0.2, 0.25) is 0 Å². The summed E-state index contributed by atoms with van der Waals surface area (Å²) in [5.41, 5.74) is 10.6. The van der Waals surface area contributed by atoms with Gasteiger partial charge in [-0.15, -0.1) is 0 Å². The molecule has 0 aliphatic heterocycles. The summed E-state index contributed by atoms with van der Waals surface area (Å²) in [4.78, 5) is 13.0. The van der Waals surface area contributed by atoms with E-state index < -0.39 is 0 Å². The molecular weight excluding hydrogens is 334 g/mol. The highest BCUT2D eigenvalue weighted by molar-refractivity contribution is 5.74. The van der Waals surface area contributed by atoms with Crippen LogP contribution in [0.3, 0.4) is 0 Å². The number of aryl methyl sites for hydroxylation is 1. The molecule has 142 valence electrons. The Labute approximate surface area is 160 Å². The third-order valence-electron chi connectivity index (χ3n) is 5.77. The molecule has 0 saturated heterocycles. The molecule has 3 aromatic rings. The fraction of sp³-hybridized carbons (Fsp3) is 0.455. The van der Waals surface area contributed by atoms with Crippen molar-refractivity contribution in [2.45, 2.75) is 57.0 Å². The summed E-state index contributed by atoms with van der Waals surface area (Å²) in [6.45, 7) is 2.97. The topological polar surface area (TPSA) is 79.6 Å². The van der Waals surface area contributed by atoms with Gasteiger partial charge in [0.05, 0.1) is 16.7 Å². The molecule has 0 spiro atoms. The van der Waals surface area contributed by atoms with Crippen LogP contribution in [-0.4, -0.2) is 27.5 Å². The zero-order valence-electron chi connectivity index (χ0n) is 16.0. The van der Waals surface area contributed by atoms with Gasteiger partial charge in [-0.1, -0.05) is 25.1 Å². The molecule has 0 fully saturated rings. The first-order chi connectivity index (χ1) is 13.3. The number of nitrogens with one attached hydrogen (secondary N) is 2. The molecule has 5 nitrogen and oxygen atoms in total. The third kappa shape index (κ3) is 3.89. The number of fused-ring (bicyclic) bond motifs is 2. The smallest absolute Gasteiger partial charge is 0.111 e. The van der Waals surface area contributed by atoms with Gasteiger partial charge in [-0.25, -0.2) is 4.98 Å². The fourth-order valence-electron chi connectivity index (χ4n) is 4.22. The van der Waals surface area contributed by atoms with E-state index in [0.29, 0.717) is 18.6 Å². The van der Waals surface area contributed by atoms with E-state index >= 15 is 0 Å². The predicted molar refractivity (Wildman–Crippen MR) is 110 cm³/mol. The van der Waals surface area contributed by atoms with Crippen LogP contribution in [0.5, 0.6) is 0 Å². The van der Waals surface area contributed by atoms with Crippen LogP contribution in [-0.2, 0) is 6.42 Å². The maximum Gasteiger partial charge on any atom is 0.111 e. The number of benzene rings is 1. The fourth-order valence-corrected chi connectivity index (χ4v) is 4.22. The van der Waals surface area contributed by atoms with Gasteiger partial charge in [0.25, 0.3) is 0 Å². The molecule has 3 atom stereocenters. The second kappa shape index (κ2) is 8.19. The first kappa shape index (κ1) is 18.1. The van der Waals surface area contributed by atoms with E-state index in [-0.39, 0.29) is 5.92 Å². The molecule has 1 aliphatic rings. The highest BCUT2D eigenvalue weighted by Gasteiger charge is 2.28. The average Bonchev–Trinajstić information content (AvgIpc) is 3.15. The molecule has 0 radical (unpaired) electrons. The Kier molecular flexibility index (Phi) is 5.50. The molecular formula is C22H29N5. The number of hydrogen-bond acceptors (Lipinski definition) is 4. The molecule has 27 heavy (non-hydrogen) atoms. The highest BCUT2D eigenvalue weighted by atomic mass is 15.0. The second-order valence-electron chi connectivity index (χ2n) is 7.62. The van der Waals surface area contributed by atoms with E-state index in [1.165, 1.54) is 17.7 Å². The van der Waals surface area contributed by atoms with Crippen molar-refractivity contribution in [3.8, 4) is 0 Å². The molecule has 3 unspecified atom stereocenters. The summed E-state index contributed by atoms with van der Waals surface area (Å²) >= 11 is 0. The van der Waals surface area contributed by atoms with Crippen molar-refractivity contribution in [3.63, 3.8) is 0 Å². The molecule has 1 aromatic carbocycles. The molecule has 0 saturated carbocycles. The summed E-state index contributed by atoms with van der Waals surface area (Å²) in [5, 5.41) is 3.91. The number of para-hydroxylation sites is 2. The third-order valence-corrected chi connectivity index (χ3v) is 5.77. The maximum absolute atomic E-state index is 5.82. The van der Waals surface area contributed by atoms with Crippen molar-refractivity contribution >= 4 is 11.0 Å². The molecule has 5 heteroatoms. The number of pyridine rings is 1. The van der Waals surface area contributed by atoms with Crippen LogP contribution in [0.4, 0.5) is 0 Å². The van der Waals surface area contributed by atoms with E-state index in [1.807, 2.05) is 24.4 Å². The Bertz CT molecular complexity index is 854. The summed E-state index contributed by atoms with van der Waals surface area (Å²) in [5.74, 6) is 1.32. The molecule has 4 N–H and O–H groups in total. The normalized spacial score (nSPS) is 19.0. The van der Waals surface area contributed by atoms with Gasteiger partial charge in [0, 0.05) is 24.2 Å². The predicted octanol–water partition coefficient (Wildman–Crippen LogP) is 3.84. The van der Waals surface area contributed by atoms with Crippen molar-refractivity contribution in [1.29, 1.82) is 0 Å². The lowest BCUT2D eigenvalue weighted by Crippen LogP contribution is -2.39. The van der Waals surface area contributed by atoms with Gasteiger partial charge in [0.1, 0.15) is 5.82 Å². The van der Waals surface area contributed by atoms with Crippen LogP contribution < -0.4 is 11.1 Å². The minimum Gasteiger partial charge on any atom is -0.342 e. The molecule has 0 amide bonds. The lowest BCUT2D eigenvalue weighted by Gasteiger charge is -2.32. The molecule has 2 heterocycles. The van der Waals surface area contributed by atoms with Crippen LogP contribution in [0.25, 0.3) is 11.0 Å². The quantitative estimate of drug-likeness (QED) is 0.596. The van der Waals surface area contributed by atoms with E-state index in [9.17, 15) is 0 Å². The standard InChI is InChI=1S/C22H29N5/c1-15(22-26-18-9-2-3-10-19(18)27-22)17(12-5-13-23)25-20-11-4-7-16-8-6-14-24-21(16)20/h2-3,6,8-10,14-15,17,20,25H,4-5,7,11-13,23H2,1H3,(H,26,27). The van der Waals surface area contributed by atoms with Gasteiger partial charge in [-0.05, 0) is 62.4 Å². The number of imidazole rings is 1. The Morgan fingerprint density at radius 2 is 2.15 bits per heavy atom. The largest absolute Gasteiger partial charge is 0.342 e. The number of aromatic amines is 1. The summed E-state index contributed by atoms with van der Waals surface area (Å²) in [6, 6.07) is 13.1. The number of H-pyrrole nitrogens is 1. The van der Waals surface area contributed by atoms with E-state index in [2.05, 4.69) is 35.4 Å². The number of nitrogens with zero attached hydrogens (tertiary/aromatic N) is 2. The number of rotatable bonds is 7. The second-order valence-corrected chi connectivity index (χ2v) is 7.62. The van der Waals surface area contributed by atoms with Gasteiger partial charge < -0.3 is 16.0 Å². The minimum atomic E-state index is 0.276. The SMILES string of the molecule is CC(c1nc2ccccc2[nH]1)C(CCCN)NC1CCCc2cccnc21. The van der Waals surface area contributed by atoms with E-state index in [4.69, 9.17) is 15.7 Å². The number of nitrogens with two attached hydrogens (primary N) is 1. The van der Waals surface area contributed by atoms with E-state index in [1.54, 1.807) is 0 Å². The Morgan fingerprint density at radius 1 is 1.26 bits per heavy atom. The van der Waals surface area contributed by atoms with Gasteiger partial charge >= 0.3 is 0 Å². The van der Waals surface area contributed by atoms with Crippen LogP contribution in [0.2, 0.25) is 0 Å². The zero-order valence-corrected chi connectivity index (χ0v) is 16.0. The minimum absolute atomic E-state index is 0.276. The highest BCUT2D eigenvalue weighted by Crippen LogP contribution is 2.31. The van der Waals surface area contributed by atoms with Gasteiger partial charge in [-0.3, -0.25) is 4.98 Å². The summed E-state index contributed by atoms with van der Waals surface area (Å²) in [6.07, 6.45) is 7.43. The van der Waals surface area contributed by atoms with Gasteiger partial charge in [0.15, 0.2) is 0 Å². The van der Waals surface area contributed by atoms with Crippen LogP contribution >= 0.6 is 0 Å². The molecule has 1 aliphatic carbocycles. The Balaban J connectivity index is 1.57.